The molecule has 3 rings (SSSR count). The summed E-state index contributed by atoms with van der Waals surface area (Å²) in [6.45, 7) is 2.03. The van der Waals surface area contributed by atoms with E-state index >= 15 is 0 Å². The summed E-state index contributed by atoms with van der Waals surface area (Å²) in [7, 11) is 0. The number of carboxylic acid groups (broad SMARTS) is 1. The number of hydrogen-bond donors (Lipinski definition) is 1. The third kappa shape index (κ3) is 1.60. The maximum absolute atomic E-state index is 12.4. The van der Waals surface area contributed by atoms with E-state index in [4.69, 9.17) is 0 Å². The van der Waals surface area contributed by atoms with Gasteiger partial charge < -0.3 is 5.11 Å². The van der Waals surface area contributed by atoms with Gasteiger partial charge in [-0.25, -0.2) is 4.79 Å². The van der Waals surface area contributed by atoms with Gasteiger partial charge in [0.15, 0.2) is 0 Å². The van der Waals surface area contributed by atoms with E-state index in [1.54, 1.807) is 0 Å². The molecule has 0 aromatic heterocycles. The van der Waals surface area contributed by atoms with Gasteiger partial charge in [-0.1, -0.05) is 25.1 Å². The van der Waals surface area contributed by atoms with Gasteiger partial charge in [-0.05, 0) is 24.0 Å². The van der Waals surface area contributed by atoms with Crippen LogP contribution in [-0.2, 0) is 16.0 Å². The van der Waals surface area contributed by atoms with E-state index in [0.29, 0.717) is 12.3 Å². The van der Waals surface area contributed by atoms with Gasteiger partial charge in [0.2, 0.25) is 5.91 Å². The third-order valence-electron chi connectivity index (χ3n) is 3.93. The number of anilines is 1. The van der Waals surface area contributed by atoms with E-state index in [0.717, 1.165) is 17.7 Å². The predicted molar refractivity (Wildman–Crippen MR) is 66.3 cm³/mol. The lowest BCUT2D eigenvalue weighted by Gasteiger charge is -2.22. The average Bonchev–Trinajstić information content (AvgIpc) is 2.94. The molecule has 1 aliphatic heterocycles. The molecule has 4 nitrogen and oxygen atoms in total. The van der Waals surface area contributed by atoms with Gasteiger partial charge in [0.1, 0.15) is 6.04 Å². The van der Waals surface area contributed by atoms with Gasteiger partial charge >= 0.3 is 5.97 Å². The average molecular weight is 245 g/mol. The minimum absolute atomic E-state index is 0.0120. The molecule has 1 N–H and O–H groups in total. The van der Waals surface area contributed by atoms with Crippen LogP contribution in [0, 0.1) is 11.8 Å². The van der Waals surface area contributed by atoms with Crippen LogP contribution >= 0.6 is 0 Å². The molecule has 0 spiro atoms. The summed E-state index contributed by atoms with van der Waals surface area (Å²) in [6.07, 6.45) is 1.29. The number of carbonyl (C=O) groups is 2. The maximum atomic E-state index is 12.4. The van der Waals surface area contributed by atoms with Crippen molar-refractivity contribution in [2.24, 2.45) is 11.8 Å². The zero-order chi connectivity index (χ0) is 12.9. The van der Waals surface area contributed by atoms with E-state index in [9.17, 15) is 14.7 Å². The Morgan fingerprint density at radius 3 is 2.61 bits per heavy atom. The molecule has 2 aliphatic rings. The fourth-order valence-corrected chi connectivity index (χ4v) is 2.70. The van der Waals surface area contributed by atoms with Gasteiger partial charge in [0, 0.05) is 18.0 Å². The number of rotatable bonds is 2. The Balaban J connectivity index is 1.97. The number of carboxylic acids is 1. The molecule has 1 aromatic rings. The lowest BCUT2D eigenvalue weighted by Crippen LogP contribution is -2.43. The zero-order valence-corrected chi connectivity index (χ0v) is 10.2. The number of para-hydroxylation sites is 1. The Bertz CT molecular complexity index is 526. The Labute approximate surface area is 105 Å². The number of benzene rings is 1. The SMILES string of the molecule is CC1CC1C(=O)N1c2ccccc2CC1C(=O)O. The molecule has 18 heavy (non-hydrogen) atoms. The Morgan fingerprint density at radius 1 is 1.33 bits per heavy atom. The summed E-state index contributed by atoms with van der Waals surface area (Å²) in [4.78, 5) is 25.2. The highest BCUT2D eigenvalue weighted by molar-refractivity contribution is 6.04. The summed E-state index contributed by atoms with van der Waals surface area (Å²) in [6, 6.07) is 6.73. The summed E-state index contributed by atoms with van der Waals surface area (Å²) in [5.41, 5.74) is 1.72. The van der Waals surface area contributed by atoms with Crippen LogP contribution in [0.2, 0.25) is 0 Å². The summed E-state index contributed by atoms with van der Waals surface area (Å²) < 4.78 is 0. The second-order valence-electron chi connectivity index (χ2n) is 5.21. The van der Waals surface area contributed by atoms with Gasteiger partial charge in [-0.3, -0.25) is 9.69 Å². The van der Waals surface area contributed by atoms with Crippen molar-refractivity contribution in [2.75, 3.05) is 4.90 Å². The van der Waals surface area contributed by atoms with Crippen molar-refractivity contribution < 1.29 is 14.7 Å². The highest BCUT2D eigenvalue weighted by atomic mass is 16.4. The molecule has 1 heterocycles. The number of hydrogen-bond acceptors (Lipinski definition) is 2. The quantitative estimate of drug-likeness (QED) is 0.862. The minimum Gasteiger partial charge on any atom is -0.480 e. The number of fused-ring (bicyclic) bond motifs is 1. The first-order valence-corrected chi connectivity index (χ1v) is 6.23. The van der Waals surface area contributed by atoms with Crippen LogP contribution in [-0.4, -0.2) is 23.0 Å². The van der Waals surface area contributed by atoms with Crippen LogP contribution < -0.4 is 4.90 Å². The first-order chi connectivity index (χ1) is 8.59. The summed E-state index contributed by atoms with van der Waals surface area (Å²) >= 11 is 0. The van der Waals surface area contributed by atoms with Gasteiger partial charge in [-0.15, -0.1) is 0 Å². The second-order valence-corrected chi connectivity index (χ2v) is 5.21. The monoisotopic (exact) mass is 245 g/mol. The fraction of sp³-hybridized carbons (Fsp3) is 0.429. The first kappa shape index (κ1) is 11.3. The van der Waals surface area contributed by atoms with Gasteiger partial charge in [0.25, 0.3) is 0 Å². The van der Waals surface area contributed by atoms with Crippen molar-refractivity contribution in [1.29, 1.82) is 0 Å². The predicted octanol–water partition coefficient (Wildman–Crippen LogP) is 1.68. The lowest BCUT2D eigenvalue weighted by atomic mass is 10.1. The van der Waals surface area contributed by atoms with Crippen molar-refractivity contribution >= 4 is 17.6 Å². The van der Waals surface area contributed by atoms with E-state index in [-0.39, 0.29) is 11.8 Å². The third-order valence-corrected chi connectivity index (χ3v) is 3.93. The Morgan fingerprint density at radius 2 is 2.00 bits per heavy atom. The van der Waals surface area contributed by atoms with Gasteiger partial charge in [-0.2, -0.15) is 0 Å². The topological polar surface area (TPSA) is 57.6 Å². The zero-order valence-electron chi connectivity index (χ0n) is 10.2. The molecule has 1 amide bonds. The molecule has 0 bridgehead atoms. The molecule has 1 aromatic carbocycles. The molecule has 1 saturated carbocycles. The number of carbonyl (C=O) groups excluding carboxylic acids is 1. The maximum Gasteiger partial charge on any atom is 0.327 e. The minimum atomic E-state index is -0.923. The van der Waals surface area contributed by atoms with E-state index in [2.05, 4.69) is 0 Å². The van der Waals surface area contributed by atoms with Crippen molar-refractivity contribution in [2.45, 2.75) is 25.8 Å². The fourth-order valence-electron chi connectivity index (χ4n) is 2.70. The van der Waals surface area contributed by atoms with E-state index in [1.807, 2.05) is 31.2 Å². The van der Waals surface area contributed by atoms with Crippen LogP contribution in [0.5, 0.6) is 0 Å². The number of aliphatic carboxylic acids is 1. The molecular weight excluding hydrogens is 230 g/mol. The molecule has 3 unspecified atom stereocenters. The standard InChI is InChI=1S/C14H15NO3/c1-8-6-10(8)13(16)15-11-5-3-2-4-9(11)7-12(15)14(17)18/h2-5,8,10,12H,6-7H2,1H3,(H,17,18). The Hall–Kier alpha value is -1.84. The highest BCUT2D eigenvalue weighted by Crippen LogP contribution is 2.43. The van der Waals surface area contributed by atoms with Gasteiger partial charge in [0.05, 0.1) is 0 Å². The molecule has 94 valence electrons. The van der Waals surface area contributed by atoms with Crippen LogP contribution in [0.3, 0.4) is 0 Å². The highest BCUT2D eigenvalue weighted by Gasteiger charge is 2.47. The van der Waals surface area contributed by atoms with Crippen LogP contribution in [0.4, 0.5) is 5.69 Å². The molecule has 0 saturated heterocycles. The van der Waals surface area contributed by atoms with E-state index < -0.39 is 12.0 Å². The summed E-state index contributed by atoms with van der Waals surface area (Å²) in [5, 5.41) is 9.28. The summed E-state index contributed by atoms with van der Waals surface area (Å²) in [5.74, 6) is -0.551. The van der Waals surface area contributed by atoms with Crippen molar-refractivity contribution in [3.63, 3.8) is 0 Å². The molecule has 4 heteroatoms. The molecule has 0 radical (unpaired) electrons. The van der Waals surface area contributed by atoms with Crippen LogP contribution in [0.25, 0.3) is 0 Å². The normalized spacial score (nSPS) is 28.9. The number of nitrogens with zero attached hydrogens (tertiary/aromatic N) is 1. The molecule has 1 fully saturated rings. The molecule has 3 atom stereocenters. The van der Waals surface area contributed by atoms with Crippen molar-refractivity contribution in [3.05, 3.63) is 29.8 Å². The smallest absolute Gasteiger partial charge is 0.327 e. The molecule has 1 aliphatic carbocycles. The van der Waals surface area contributed by atoms with E-state index in [1.165, 1.54) is 4.90 Å². The first-order valence-electron chi connectivity index (χ1n) is 6.23. The number of amides is 1. The van der Waals surface area contributed by atoms with Crippen molar-refractivity contribution in [1.82, 2.24) is 0 Å². The Kier molecular flexibility index (Phi) is 2.40. The molecular formula is C14H15NO3. The van der Waals surface area contributed by atoms with Crippen LogP contribution in [0.15, 0.2) is 24.3 Å². The van der Waals surface area contributed by atoms with Crippen LogP contribution in [0.1, 0.15) is 18.9 Å². The lowest BCUT2D eigenvalue weighted by molar-refractivity contribution is -0.140. The van der Waals surface area contributed by atoms with Crippen molar-refractivity contribution in [3.8, 4) is 0 Å². The second kappa shape index (κ2) is 3.83. The largest absolute Gasteiger partial charge is 0.480 e.